The van der Waals surface area contributed by atoms with E-state index < -0.39 is 18.1 Å². The van der Waals surface area contributed by atoms with Crippen molar-refractivity contribution in [3.8, 4) is 28.7 Å². The van der Waals surface area contributed by atoms with E-state index in [1.807, 2.05) is 61.5 Å². The number of nitrogens with zero attached hydrogens (tertiary/aromatic N) is 2. The van der Waals surface area contributed by atoms with Gasteiger partial charge in [-0.15, -0.1) is 0 Å². The first-order chi connectivity index (χ1) is 19.0. The van der Waals surface area contributed by atoms with Gasteiger partial charge in [0.2, 0.25) is 5.89 Å². The van der Waals surface area contributed by atoms with E-state index in [0.29, 0.717) is 36.2 Å². The molecule has 0 saturated carbocycles. The zero-order chi connectivity index (χ0) is 27.6. The summed E-state index contributed by atoms with van der Waals surface area (Å²) in [4.78, 5) is 30.9. The van der Waals surface area contributed by atoms with Crippen molar-refractivity contribution < 1.29 is 33.0 Å². The summed E-state index contributed by atoms with van der Waals surface area (Å²) in [6, 6.07) is 23.1. The zero-order valence-electron chi connectivity index (χ0n) is 22.0. The van der Waals surface area contributed by atoms with E-state index in [1.54, 1.807) is 37.6 Å². The third kappa shape index (κ3) is 7.38. The summed E-state index contributed by atoms with van der Waals surface area (Å²) in [5.74, 6) is 1.64. The van der Waals surface area contributed by atoms with Crippen LogP contribution in [0.25, 0.3) is 11.5 Å². The minimum Gasteiger partial charge on any atom is -0.497 e. The average Bonchev–Trinajstić information content (AvgIpc) is 3.45. The van der Waals surface area contributed by atoms with Crippen LogP contribution in [-0.4, -0.2) is 49.3 Å². The normalized spacial score (nSPS) is 11.4. The monoisotopic (exact) mass is 530 g/mol. The molecule has 4 aromatic rings. The largest absolute Gasteiger partial charge is 0.497 e. The minimum atomic E-state index is -0.680. The van der Waals surface area contributed by atoms with Gasteiger partial charge in [0.25, 0.3) is 0 Å². The highest BCUT2D eigenvalue weighted by molar-refractivity contribution is 5.79. The first-order valence-corrected chi connectivity index (χ1v) is 12.4. The molecule has 1 aromatic heterocycles. The predicted molar refractivity (Wildman–Crippen MR) is 144 cm³/mol. The highest BCUT2D eigenvalue weighted by Crippen LogP contribution is 2.25. The molecule has 0 aliphatic carbocycles. The lowest BCUT2D eigenvalue weighted by Gasteiger charge is -2.27. The van der Waals surface area contributed by atoms with E-state index in [1.165, 1.54) is 12.0 Å². The molecule has 202 valence electrons. The Balaban J connectivity index is 1.35. The summed E-state index contributed by atoms with van der Waals surface area (Å²) >= 11 is 0. The Kier molecular flexibility index (Phi) is 9.18. The van der Waals surface area contributed by atoms with Gasteiger partial charge in [-0.05, 0) is 61.0 Å². The number of hydrogen-bond donors (Lipinski definition) is 0. The second-order valence-corrected chi connectivity index (χ2v) is 8.60. The number of hydrogen-bond acceptors (Lipinski definition) is 8. The molecule has 0 aliphatic heterocycles. The second kappa shape index (κ2) is 13.1. The van der Waals surface area contributed by atoms with Crippen molar-refractivity contribution in [2.24, 2.45) is 0 Å². The quantitative estimate of drug-likeness (QED) is 0.228. The molecular formula is C30H30N2O7. The number of benzene rings is 3. The molecule has 1 heterocycles. The number of esters is 1. The van der Waals surface area contributed by atoms with Crippen LogP contribution in [-0.2, 0) is 16.0 Å². The Bertz CT molecular complexity index is 1350. The van der Waals surface area contributed by atoms with Crippen LogP contribution in [0.15, 0.2) is 89.5 Å². The van der Waals surface area contributed by atoms with Crippen LogP contribution in [0.5, 0.6) is 17.2 Å². The van der Waals surface area contributed by atoms with Crippen molar-refractivity contribution in [2.45, 2.75) is 19.4 Å². The van der Waals surface area contributed by atoms with Crippen LogP contribution >= 0.6 is 0 Å². The maximum Gasteiger partial charge on any atom is 0.416 e. The summed E-state index contributed by atoms with van der Waals surface area (Å²) in [7, 11) is 2.82. The van der Waals surface area contributed by atoms with Crippen LogP contribution in [0, 0.1) is 0 Å². The standard InChI is InChI=1S/C30H30N2O7/c1-21(32(19-28(33)36-3)30(34)39-27-15-13-25(35-2)14-16-27)22-9-11-26(12-10-22)37-18-17-24-20-38-29(31-24)23-7-5-4-6-8-23/h4-16,20-21H,17-19H2,1-3H3/t21-/m0/s1. The molecule has 9 heteroatoms. The van der Waals surface area contributed by atoms with Crippen molar-refractivity contribution >= 4 is 12.1 Å². The van der Waals surface area contributed by atoms with Crippen LogP contribution in [0.1, 0.15) is 24.2 Å². The maximum absolute atomic E-state index is 13.0. The summed E-state index contributed by atoms with van der Waals surface area (Å²) in [5.41, 5.74) is 2.51. The molecule has 1 atom stereocenters. The van der Waals surface area contributed by atoms with Crippen LogP contribution in [0.4, 0.5) is 4.79 Å². The molecule has 1 amide bonds. The Morgan fingerprint density at radius 2 is 1.56 bits per heavy atom. The summed E-state index contributed by atoms with van der Waals surface area (Å²) in [5, 5.41) is 0. The average molecular weight is 531 g/mol. The fourth-order valence-electron chi connectivity index (χ4n) is 3.80. The SMILES string of the molecule is COC(=O)CN(C(=O)Oc1ccc(OC)cc1)[C@@H](C)c1ccc(OCCc2coc(-c3ccccc3)n2)cc1. The molecule has 0 N–H and O–H groups in total. The van der Waals surface area contributed by atoms with Gasteiger partial charge in [-0.25, -0.2) is 9.78 Å². The van der Waals surface area contributed by atoms with Gasteiger partial charge in [-0.3, -0.25) is 9.69 Å². The lowest BCUT2D eigenvalue weighted by Crippen LogP contribution is -2.40. The van der Waals surface area contributed by atoms with Crippen molar-refractivity contribution in [3.63, 3.8) is 0 Å². The Labute approximate surface area is 226 Å². The molecule has 0 radical (unpaired) electrons. The Morgan fingerprint density at radius 3 is 2.23 bits per heavy atom. The van der Waals surface area contributed by atoms with Gasteiger partial charge < -0.3 is 23.4 Å². The van der Waals surface area contributed by atoms with Crippen LogP contribution in [0.2, 0.25) is 0 Å². The summed E-state index contributed by atoms with van der Waals surface area (Å²) < 4.78 is 26.9. The van der Waals surface area contributed by atoms with Crippen molar-refractivity contribution in [3.05, 3.63) is 96.4 Å². The number of amides is 1. The molecule has 0 spiro atoms. The zero-order valence-corrected chi connectivity index (χ0v) is 22.0. The molecule has 3 aromatic carbocycles. The number of carbonyl (C=O) groups excluding carboxylic acids is 2. The van der Waals surface area contributed by atoms with Gasteiger partial charge in [-0.2, -0.15) is 0 Å². The van der Waals surface area contributed by atoms with Crippen molar-refractivity contribution in [2.75, 3.05) is 27.4 Å². The third-order valence-electron chi connectivity index (χ3n) is 6.06. The molecule has 39 heavy (non-hydrogen) atoms. The Hall–Kier alpha value is -4.79. The van der Waals surface area contributed by atoms with Crippen molar-refractivity contribution in [1.82, 2.24) is 9.88 Å². The minimum absolute atomic E-state index is 0.270. The summed E-state index contributed by atoms with van der Waals surface area (Å²) in [6.07, 6.45) is 1.54. The maximum atomic E-state index is 13.0. The van der Waals surface area contributed by atoms with E-state index in [0.717, 1.165) is 16.8 Å². The lowest BCUT2D eigenvalue weighted by molar-refractivity contribution is -0.141. The van der Waals surface area contributed by atoms with Gasteiger partial charge in [-0.1, -0.05) is 30.3 Å². The molecule has 9 nitrogen and oxygen atoms in total. The van der Waals surface area contributed by atoms with E-state index in [2.05, 4.69) is 4.98 Å². The van der Waals surface area contributed by atoms with Gasteiger partial charge in [0, 0.05) is 12.0 Å². The molecule has 0 aliphatic rings. The van der Waals surface area contributed by atoms with Crippen LogP contribution in [0.3, 0.4) is 0 Å². The van der Waals surface area contributed by atoms with E-state index in [-0.39, 0.29) is 6.54 Å². The predicted octanol–water partition coefficient (Wildman–Crippen LogP) is 5.71. The number of ether oxygens (including phenoxy) is 4. The highest BCUT2D eigenvalue weighted by Gasteiger charge is 2.26. The van der Waals surface area contributed by atoms with Crippen LogP contribution < -0.4 is 14.2 Å². The highest BCUT2D eigenvalue weighted by atomic mass is 16.6. The van der Waals surface area contributed by atoms with E-state index in [9.17, 15) is 9.59 Å². The molecule has 0 bridgehead atoms. The summed E-state index contributed by atoms with van der Waals surface area (Å²) in [6.45, 7) is 1.95. The second-order valence-electron chi connectivity index (χ2n) is 8.60. The number of aromatic nitrogens is 1. The third-order valence-corrected chi connectivity index (χ3v) is 6.06. The number of carbonyl (C=O) groups is 2. The molecule has 0 fully saturated rings. The van der Waals surface area contributed by atoms with Gasteiger partial charge in [0.05, 0.1) is 32.6 Å². The van der Waals surface area contributed by atoms with Gasteiger partial charge in [0.15, 0.2) is 0 Å². The number of oxazole rings is 1. The van der Waals surface area contributed by atoms with Gasteiger partial charge >= 0.3 is 12.1 Å². The van der Waals surface area contributed by atoms with Gasteiger partial charge in [0.1, 0.15) is 30.1 Å². The number of rotatable bonds is 11. The molecule has 4 rings (SSSR count). The first-order valence-electron chi connectivity index (χ1n) is 12.4. The molecular weight excluding hydrogens is 500 g/mol. The fraction of sp³-hybridized carbons (Fsp3) is 0.233. The number of methoxy groups -OCH3 is 2. The fourth-order valence-corrected chi connectivity index (χ4v) is 3.80. The topological polar surface area (TPSA) is 100 Å². The van der Waals surface area contributed by atoms with E-state index >= 15 is 0 Å². The lowest BCUT2D eigenvalue weighted by atomic mass is 10.1. The smallest absolute Gasteiger partial charge is 0.416 e. The molecule has 0 unspecified atom stereocenters. The Morgan fingerprint density at radius 1 is 0.897 bits per heavy atom. The first kappa shape index (κ1) is 27.3. The van der Waals surface area contributed by atoms with E-state index in [4.69, 9.17) is 23.4 Å². The van der Waals surface area contributed by atoms with Crippen molar-refractivity contribution in [1.29, 1.82) is 0 Å². The molecule has 0 saturated heterocycles.